The number of rotatable bonds is 6. The summed E-state index contributed by atoms with van der Waals surface area (Å²) in [5.41, 5.74) is 1.10. The van der Waals surface area contributed by atoms with Gasteiger partial charge in [0.25, 0.3) is 0 Å². The second-order valence-electron chi connectivity index (χ2n) is 2.80. The van der Waals surface area contributed by atoms with Crippen molar-refractivity contribution < 1.29 is 9.90 Å². The number of hydrogen-bond donors (Lipinski definition) is 1. The number of aliphatic carboxylic acids is 1. The summed E-state index contributed by atoms with van der Waals surface area (Å²) in [6.07, 6.45) is 6.95. The lowest BCUT2D eigenvalue weighted by atomic mass is 10.2. The predicted molar refractivity (Wildman–Crippen MR) is 55.3 cm³/mol. The number of hydrogen-bond acceptors (Lipinski definition) is 4. The minimum absolute atomic E-state index is 0.186. The van der Waals surface area contributed by atoms with E-state index in [4.69, 9.17) is 5.11 Å². The normalized spacial score (nSPS) is 10.0. The molecule has 1 aromatic heterocycles. The van der Waals surface area contributed by atoms with Crippen molar-refractivity contribution >= 4 is 17.7 Å². The van der Waals surface area contributed by atoms with Crippen molar-refractivity contribution in [2.24, 2.45) is 0 Å². The van der Waals surface area contributed by atoms with Crippen LogP contribution in [-0.2, 0) is 11.2 Å². The summed E-state index contributed by atoms with van der Waals surface area (Å²) < 4.78 is 0. The molecule has 0 bridgehead atoms. The lowest BCUT2D eigenvalue weighted by Crippen LogP contribution is -1.99. The van der Waals surface area contributed by atoms with Gasteiger partial charge in [-0.25, -0.2) is 9.97 Å². The molecule has 1 rings (SSSR count). The van der Waals surface area contributed by atoms with Crippen molar-refractivity contribution in [3.05, 3.63) is 24.3 Å². The number of carboxylic acid groups (broad SMARTS) is 1. The van der Waals surface area contributed by atoms with Gasteiger partial charge in [0, 0.05) is 12.4 Å². The molecule has 0 amide bonds. The number of carboxylic acids is 1. The van der Waals surface area contributed by atoms with E-state index in [1.165, 1.54) is 18.1 Å². The van der Waals surface area contributed by atoms with Crippen LogP contribution in [0.1, 0.15) is 12.0 Å². The molecule has 0 atom stereocenters. The van der Waals surface area contributed by atoms with Gasteiger partial charge in [0.2, 0.25) is 0 Å². The van der Waals surface area contributed by atoms with Crippen molar-refractivity contribution in [2.75, 3.05) is 11.5 Å². The first kappa shape index (κ1) is 11.0. The third-order valence-corrected chi connectivity index (χ3v) is 2.62. The lowest BCUT2D eigenvalue weighted by Gasteiger charge is -1.99. The van der Waals surface area contributed by atoms with Gasteiger partial charge in [-0.3, -0.25) is 4.79 Å². The summed E-state index contributed by atoms with van der Waals surface area (Å²) in [6.45, 7) is 0. The van der Waals surface area contributed by atoms with Gasteiger partial charge >= 0.3 is 5.97 Å². The quantitative estimate of drug-likeness (QED) is 0.718. The minimum atomic E-state index is -0.752. The van der Waals surface area contributed by atoms with Gasteiger partial charge in [-0.05, 0) is 24.2 Å². The first-order chi connectivity index (χ1) is 6.79. The number of carbonyl (C=O) groups is 1. The smallest absolute Gasteiger partial charge is 0.313 e. The molecule has 14 heavy (non-hydrogen) atoms. The van der Waals surface area contributed by atoms with Crippen LogP contribution in [0.15, 0.2) is 18.7 Å². The molecule has 0 unspecified atom stereocenters. The average molecular weight is 212 g/mol. The standard InChI is InChI=1S/C9H12N2O2S/c12-9(13)6-14-3-1-2-8-4-10-7-11-5-8/h4-5,7H,1-3,6H2,(H,12,13). The fourth-order valence-corrected chi connectivity index (χ4v) is 1.66. The van der Waals surface area contributed by atoms with E-state index in [-0.39, 0.29) is 5.75 Å². The number of aryl methyl sites for hydroxylation is 1. The molecule has 0 aromatic carbocycles. The van der Waals surface area contributed by atoms with Crippen LogP contribution < -0.4 is 0 Å². The highest BCUT2D eigenvalue weighted by Gasteiger charge is 1.97. The maximum Gasteiger partial charge on any atom is 0.313 e. The third kappa shape index (κ3) is 4.81. The van der Waals surface area contributed by atoms with E-state index in [1.807, 2.05) is 0 Å². The van der Waals surface area contributed by atoms with Gasteiger partial charge in [0.15, 0.2) is 0 Å². The van der Waals surface area contributed by atoms with Gasteiger partial charge < -0.3 is 5.11 Å². The summed E-state index contributed by atoms with van der Waals surface area (Å²) in [4.78, 5) is 18.0. The van der Waals surface area contributed by atoms with Crippen LogP contribution in [0, 0.1) is 0 Å². The monoisotopic (exact) mass is 212 g/mol. The molecule has 0 spiro atoms. The Balaban J connectivity index is 2.08. The molecule has 0 aliphatic heterocycles. The molecule has 0 saturated carbocycles. The molecule has 76 valence electrons. The molecule has 0 aliphatic carbocycles. The Kier molecular flexibility index (Phi) is 4.99. The van der Waals surface area contributed by atoms with E-state index in [2.05, 4.69) is 9.97 Å². The molecular formula is C9H12N2O2S. The molecule has 0 saturated heterocycles. The van der Waals surface area contributed by atoms with Crippen molar-refractivity contribution in [1.29, 1.82) is 0 Å². The Labute approximate surface area is 86.8 Å². The molecular weight excluding hydrogens is 200 g/mol. The van der Waals surface area contributed by atoms with Gasteiger partial charge in [0.05, 0.1) is 5.75 Å². The number of thioether (sulfide) groups is 1. The van der Waals surface area contributed by atoms with E-state index in [9.17, 15) is 4.79 Å². The molecule has 0 radical (unpaired) electrons. The van der Waals surface area contributed by atoms with Gasteiger partial charge in [-0.15, -0.1) is 0 Å². The molecule has 0 aliphatic rings. The van der Waals surface area contributed by atoms with Gasteiger partial charge in [0.1, 0.15) is 6.33 Å². The molecule has 1 aromatic rings. The first-order valence-electron chi connectivity index (χ1n) is 4.32. The summed E-state index contributed by atoms with van der Waals surface area (Å²) in [5.74, 6) is 0.296. The Morgan fingerprint density at radius 3 is 2.79 bits per heavy atom. The van der Waals surface area contributed by atoms with Gasteiger partial charge in [-0.2, -0.15) is 11.8 Å². The second-order valence-corrected chi connectivity index (χ2v) is 3.90. The third-order valence-electron chi connectivity index (χ3n) is 1.59. The fourth-order valence-electron chi connectivity index (χ4n) is 0.997. The Hall–Kier alpha value is -1.10. The maximum atomic E-state index is 10.2. The SMILES string of the molecule is O=C(O)CSCCCc1cncnc1. The van der Waals surface area contributed by atoms with Crippen LogP contribution >= 0.6 is 11.8 Å². The van der Waals surface area contributed by atoms with E-state index >= 15 is 0 Å². The fraction of sp³-hybridized carbons (Fsp3) is 0.444. The average Bonchev–Trinajstić information content (AvgIpc) is 2.18. The van der Waals surface area contributed by atoms with Crippen molar-refractivity contribution in [3.8, 4) is 0 Å². The van der Waals surface area contributed by atoms with Crippen molar-refractivity contribution in [3.63, 3.8) is 0 Å². The zero-order valence-corrected chi connectivity index (χ0v) is 8.54. The van der Waals surface area contributed by atoms with E-state index in [0.717, 1.165) is 24.2 Å². The molecule has 1 heterocycles. The summed E-state index contributed by atoms with van der Waals surface area (Å²) >= 11 is 1.44. The minimum Gasteiger partial charge on any atom is -0.481 e. The van der Waals surface area contributed by atoms with E-state index < -0.39 is 5.97 Å². The predicted octanol–water partition coefficient (Wildman–Crippen LogP) is 1.23. The highest BCUT2D eigenvalue weighted by atomic mass is 32.2. The van der Waals surface area contributed by atoms with Crippen molar-refractivity contribution in [1.82, 2.24) is 9.97 Å². The number of nitrogens with zero attached hydrogens (tertiary/aromatic N) is 2. The zero-order valence-electron chi connectivity index (χ0n) is 7.72. The summed E-state index contributed by atoms with van der Waals surface area (Å²) in [6, 6.07) is 0. The first-order valence-corrected chi connectivity index (χ1v) is 5.48. The lowest BCUT2D eigenvalue weighted by molar-refractivity contribution is -0.133. The van der Waals surface area contributed by atoms with Gasteiger partial charge in [-0.1, -0.05) is 0 Å². The second kappa shape index (κ2) is 6.37. The molecule has 1 N–H and O–H groups in total. The molecule has 5 heteroatoms. The highest BCUT2D eigenvalue weighted by molar-refractivity contribution is 7.99. The zero-order chi connectivity index (χ0) is 10.2. The Bertz CT molecular complexity index is 279. The molecule has 0 fully saturated rings. The largest absolute Gasteiger partial charge is 0.481 e. The van der Waals surface area contributed by atoms with Crippen LogP contribution in [0.3, 0.4) is 0 Å². The Morgan fingerprint density at radius 2 is 2.14 bits per heavy atom. The van der Waals surface area contributed by atoms with E-state index in [0.29, 0.717) is 0 Å². The van der Waals surface area contributed by atoms with E-state index in [1.54, 1.807) is 12.4 Å². The number of aromatic nitrogens is 2. The van der Waals surface area contributed by atoms with Crippen LogP contribution in [0.4, 0.5) is 0 Å². The topological polar surface area (TPSA) is 63.1 Å². The molecule has 4 nitrogen and oxygen atoms in total. The van der Waals surface area contributed by atoms with Crippen LogP contribution in [0.25, 0.3) is 0 Å². The highest BCUT2D eigenvalue weighted by Crippen LogP contribution is 2.06. The summed E-state index contributed by atoms with van der Waals surface area (Å²) in [7, 11) is 0. The van der Waals surface area contributed by atoms with Crippen LogP contribution in [-0.4, -0.2) is 32.5 Å². The van der Waals surface area contributed by atoms with Crippen LogP contribution in [0.2, 0.25) is 0 Å². The summed E-state index contributed by atoms with van der Waals surface area (Å²) in [5, 5.41) is 8.39. The van der Waals surface area contributed by atoms with Crippen molar-refractivity contribution in [2.45, 2.75) is 12.8 Å². The maximum absolute atomic E-state index is 10.2. The van der Waals surface area contributed by atoms with Crippen LogP contribution in [0.5, 0.6) is 0 Å². The Morgan fingerprint density at radius 1 is 1.43 bits per heavy atom.